The summed E-state index contributed by atoms with van der Waals surface area (Å²) in [5, 5.41) is 8.44. The number of rotatable bonds is 13. The van der Waals surface area contributed by atoms with Crippen molar-refractivity contribution in [3.63, 3.8) is 0 Å². The number of aromatic nitrogens is 1. The fourth-order valence-electron chi connectivity index (χ4n) is 3.80. The Morgan fingerprint density at radius 3 is 2.03 bits per heavy atom. The molecule has 9 heteroatoms. The second kappa shape index (κ2) is 13.0. The smallest absolute Gasteiger partial charge is 0.267 e. The molecule has 0 aliphatic rings. The van der Waals surface area contributed by atoms with E-state index < -0.39 is 10.0 Å². The van der Waals surface area contributed by atoms with Gasteiger partial charge in [0.1, 0.15) is 11.5 Å². The zero-order valence-corrected chi connectivity index (χ0v) is 22.8. The predicted molar refractivity (Wildman–Crippen MR) is 150 cm³/mol. The van der Waals surface area contributed by atoms with Crippen molar-refractivity contribution < 1.29 is 22.7 Å². The molecule has 0 aliphatic heterocycles. The number of ether oxygens (including phenoxy) is 2. The van der Waals surface area contributed by atoms with E-state index in [4.69, 9.17) is 9.47 Å². The lowest BCUT2D eigenvalue weighted by Gasteiger charge is -2.06. The summed E-state index contributed by atoms with van der Waals surface area (Å²) < 4.78 is 37.6. The van der Waals surface area contributed by atoms with E-state index in [0.29, 0.717) is 25.0 Å². The minimum absolute atomic E-state index is 0.0758. The summed E-state index contributed by atoms with van der Waals surface area (Å²) in [6, 6.07) is 22.9. The van der Waals surface area contributed by atoms with Crippen LogP contribution >= 0.6 is 0 Å². The first kappa shape index (κ1) is 27.8. The summed E-state index contributed by atoms with van der Waals surface area (Å²) in [5.41, 5.74) is 2.83. The van der Waals surface area contributed by atoms with Gasteiger partial charge in [-0.2, -0.15) is 10.2 Å². The Morgan fingerprint density at radius 2 is 1.41 bits per heavy atom. The van der Waals surface area contributed by atoms with Gasteiger partial charge in [-0.05, 0) is 92.9 Å². The quantitative estimate of drug-likeness (QED) is 0.0998. The third-order valence-corrected chi connectivity index (χ3v) is 7.74. The van der Waals surface area contributed by atoms with Crippen LogP contribution in [-0.4, -0.2) is 31.9 Å². The van der Waals surface area contributed by atoms with Crippen LogP contribution in [0.4, 0.5) is 11.4 Å². The summed E-state index contributed by atoms with van der Waals surface area (Å²) >= 11 is 0. The Labute approximate surface area is 229 Å². The van der Waals surface area contributed by atoms with Gasteiger partial charge in [0.25, 0.3) is 10.0 Å². The summed E-state index contributed by atoms with van der Waals surface area (Å²) in [5.74, 6) is 1.43. The van der Waals surface area contributed by atoms with E-state index in [1.165, 1.54) is 12.4 Å². The summed E-state index contributed by atoms with van der Waals surface area (Å²) in [4.78, 5) is 12.8. The van der Waals surface area contributed by atoms with Crippen LogP contribution in [0.5, 0.6) is 11.5 Å². The molecule has 1 aromatic heterocycles. The van der Waals surface area contributed by atoms with Gasteiger partial charge in [-0.3, -0.25) is 4.79 Å². The molecule has 0 N–H and O–H groups in total. The van der Waals surface area contributed by atoms with Crippen LogP contribution in [0.2, 0.25) is 0 Å². The maximum atomic E-state index is 12.8. The van der Waals surface area contributed by atoms with Crippen LogP contribution in [0.25, 0.3) is 0 Å². The predicted octanol–water partition coefficient (Wildman–Crippen LogP) is 7.28. The molecule has 8 nitrogen and oxygen atoms in total. The number of carbonyl (C=O) groups is 1. The van der Waals surface area contributed by atoms with Gasteiger partial charge < -0.3 is 9.47 Å². The van der Waals surface area contributed by atoms with Crippen molar-refractivity contribution in [2.45, 2.75) is 37.5 Å². The highest BCUT2D eigenvalue weighted by Crippen LogP contribution is 2.23. The minimum atomic E-state index is -3.72. The molecule has 0 saturated carbocycles. The molecular formula is C30H31N3O5S. The number of benzene rings is 3. The van der Waals surface area contributed by atoms with Crippen molar-refractivity contribution in [1.82, 2.24) is 3.97 Å². The van der Waals surface area contributed by atoms with E-state index in [1.54, 1.807) is 37.4 Å². The number of hydrogen-bond donors (Lipinski definition) is 0. The van der Waals surface area contributed by atoms with E-state index in [-0.39, 0.29) is 10.7 Å². The number of unbranched alkanes of at least 4 members (excludes halogenated alkanes) is 2. The molecule has 3 aromatic carbocycles. The van der Waals surface area contributed by atoms with Crippen molar-refractivity contribution in [2.24, 2.45) is 10.2 Å². The number of nitrogens with zero attached hydrogens (tertiary/aromatic N) is 3. The number of ketones is 1. The van der Waals surface area contributed by atoms with Crippen LogP contribution in [0.3, 0.4) is 0 Å². The van der Waals surface area contributed by atoms with Gasteiger partial charge in [-0.1, -0.05) is 17.7 Å². The second-order valence-electron chi connectivity index (χ2n) is 9.02. The first-order valence-electron chi connectivity index (χ1n) is 12.7. The van der Waals surface area contributed by atoms with Gasteiger partial charge in [-0.15, -0.1) is 0 Å². The number of aryl methyl sites for hydroxylation is 1. The molecular weight excluding hydrogens is 514 g/mol. The van der Waals surface area contributed by atoms with E-state index in [2.05, 4.69) is 10.2 Å². The molecule has 0 saturated heterocycles. The molecule has 0 spiro atoms. The molecule has 0 fully saturated rings. The highest BCUT2D eigenvalue weighted by atomic mass is 32.2. The lowest BCUT2D eigenvalue weighted by atomic mass is 10.1. The number of hydrogen-bond acceptors (Lipinski definition) is 7. The van der Waals surface area contributed by atoms with E-state index in [9.17, 15) is 13.2 Å². The fourth-order valence-corrected chi connectivity index (χ4v) is 4.99. The van der Waals surface area contributed by atoms with Gasteiger partial charge in [0.15, 0.2) is 5.78 Å². The molecule has 0 atom stereocenters. The third kappa shape index (κ3) is 7.64. The van der Waals surface area contributed by atoms with Crippen LogP contribution in [0.1, 0.15) is 41.6 Å². The van der Waals surface area contributed by atoms with Crippen molar-refractivity contribution in [3.05, 3.63) is 102 Å². The molecule has 4 aromatic rings. The SMILES string of the molecule is COc1ccc(N=Nc2ccc(OCCCCCC(=O)c3ccn(S(=O)(=O)c4ccc(C)cc4)c3)cc2)cc1. The Bertz CT molecular complexity index is 1510. The number of methoxy groups -OCH3 is 1. The van der Waals surface area contributed by atoms with Gasteiger partial charge in [0, 0.05) is 24.4 Å². The fraction of sp³-hybridized carbons (Fsp3) is 0.233. The first-order chi connectivity index (χ1) is 18.8. The highest BCUT2D eigenvalue weighted by molar-refractivity contribution is 7.90. The summed E-state index contributed by atoms with van der Waals surface area (Å²) in [7, 11) is -2.10. The van der Waals surface area contributed by atoms with Crippen molar-refractivity contribution in [3.8, 4) is 11.5 Å². The van der Waals surface area contributed by atoms with E-state index in [0.717, 1.165) is 45.3 Å². The molecule has 1 heterocycles. The lowest BCUT2D eigenvalue weighted by Crippen LogP contribution is -2.11. The Balaban J connectivity index is 1.16. The molecule has 0 aliphatic carbocycles. The van der Waals surface area contributed by atoms with Crippen molar-refractivity contribution in [1.29, 1.82) is 0 Å². The molecule has 0 bridgehead atoms. The molecule has 4 rings (SSSR count). The van der Waals surface area contributed by atoms with Crippen molar-refractivity contribution >= 4 is 27.2 Å². The summed E-state index contributed by atoms with van der Waals surface area (Å²) in [6.07, 6.45) is 5.48. The monoisotopic (exact) mass is 545 g/mol. The van der Waals surface area contributed by atoms with Crippen LogP contribution in [0, 0.1) is 6.92 Å². The molecule has 0 unspecified atom stereocenters. The minimum Gasteiger partial charge on any atom is -0.497 e. The number of azo groups is 1. The van der Waals surface area contributed by atoms with Crippen LogP contribution in [-0.2, 0) is 10.0 Å². The number of carbonyl (C=O) groups excluding carboxylic acids is 1. The third-order valence-electron chi connectivity index (χ3n) is 6.09. The zero-order valence-electron chi connectivity index (χ0n) is 22.0. The van der Waals surface area contributed by atoms with Gasteiger partial charge >= 0.3 is 0 Å². The van der Waals surface area contributed by atoms with Crippen LogP contribution < -0.4 is 9.47 Å². The first-order valence-corrected chi connectivity index (χ1v) is 14.1. The lowest BCUT2D eigenvalue weighted by molar-refractivity contribution is 0.0978. The van der Waals surface area contributed by atoms with E-state index >= 15 is 0 Å². The average Bonchev–Trinajstić information content (AvgIpc) is 3.46. The topological polar surface area (TPSA) is 99.3 Å². The van der Waals surface area contributed by atoms with Crippen molar-refractivity contribution in [2.75, 3.05) is 13.7 Å². The Kier molecular flexibility index (Phi) is 9.27. The second-order valence-corrected chi connectivity index (χ2v) is 10.9. The average molecular weight is 546 g/mol. The van der Waals surface area contributed by atoms with E-state index in [1.807, 2.05) is 55.5 Å². The zero-order chi connectivity index (χ0) is 27.7. The normalized spacial score (nSPS) is 11.5. The molecule has 39 heavy (non-hydrogen) atoms. The Morgan fingerprint density at radius 1 is 0.795 bits per heavy atom. The molecule has 0 radical (unpaired) electrons. The van der Waals surface area contributed by atoms with Crippen LogP contribution in [0.15, 0.2) is 106 Å². The standard InChI is InChI=1S/C30H31N3O5S/c1-23-7-17-29(18-8-23)39(35,36)33-20-19-24(22-33)30(34)6-4-3-5-21-38-28-15-11-26(12-16-28)32-31-25-9-13-27(37-2)14-10-25/h7-20,22H,3-6,21H2,1-2H3. The van der Waals surface area contributed by atoms with Gasteiger partial charge in [-0.25, -0.2) is 12.4 Å². The summed E-state index contributed by atoms with van der Waals surface area (Å²) in [6.45, 7) is 2.43. The largest absolute Gasteiger partial charge is 0.497 e. The highest BCUT2D eigenvalue weighted by Gasteiger charge is 2.18. The maximum Gasteiger partial charge on any atom is 0.267 e. The van der Waals surface area contributed by atoms with Gasteiger partial charge in [0.2, 0.25) is 0 Å². The maximum absolute atomic E-state index is 12.8. The Hall–Kier alpha value is -4.24. The number of Topliss-reactive ketones (excluding diaryl/α,β-unsaturated/α-hetero) is 1. The molecule has 202 valence electrons. The molecule has 0 amide bonds. The van der Waals surface area contributed by atoms with Gasteiger partial charge in [0.05, 0.1) is 30.0 Å².